The number of aliphatic hydroxyl groups excluding tert-OH is 1. The number of alkyl halides is 3. The number of benzene rings is 1. The lowest BCUT2D eigenvalue weighted by Crippen LogP contribution is -2.09. The van der Waals surface area contributed by atoms with Gasteiger partial charge in [-0.05, 0) is 30.5 Å². The van der Waals surface area contributed by atoms with Crippen LogP contribution in [0.3, 0.4) is 0 Å². The van der Waals surface area contributed by atoms with Gasteiger partial charge >= 0.3 is 6.18 Å². The molecule has 0 saturated heterocycles. The van der Waals surface area contributed by atoms with E-state index in [1.54, 1.807) is 0 Å². The largest absolute Gasteiger partial charge is 0.508 e. The van der Waals surface area contributed by atoms with Crippen molar-refractivity contribution in [3.05, 3.63) is 29.3 Å². The van der Waals surface area contributed by atoms with Crippen LogP contribution in [0.2, 0.25) is 0 Å². The van der Waals surface area contributed by atoms with E-state index in [0.29, 0.717) is 6.07 Å². The maximum atomic E-state index is 12.5. The van der Waals surface area contributed by atoms with Gasteiger partial charge in [-0.25, -0.2) is 0 Å². The molecule has 0 radical (unpaired) electrons. The topological polar surface area (TPSA) is 40.5 Å². The normalized spacial score (nSPS) is 11.7. The van der Waals surface area contributed by atoms with Crippen LogP contribution in [0.5, 0.6) is 5.75 Å². The minimum atomic E-state index is -4.47. The van der Waals surface area contributed by atoms with E-state index in [2.05, 4.69) is 0 Å². The molecule has 0 aliphatic carbocycles. The van der Waals surface area contributed by atoms with Gasteiger partial charge in [0.05, 0.1) is 5.56 Å². The lowest BCUT2D eigenvalue weighted by molar-refractivity contribution is -0.138. The predicted octanol–water partition coefficient (Wildman–Crippen LogP) is 2.34. The number of phenolic OH excluding ortho intramolecular Hbond substituents is 1. The molecule has 0 heterocycles. The van der Waals surface area contributed by atoms with Crippen LogP contribution in [-0.2, 0) is 12.6 Å². The van der Waals surface area contributed by atoms with Crippen molar-refractivity contribution in [2.24, 2.45) is 0 Å². The second-order valence-electron chi connectivity index (χ2n) is 3.17. The highest BCUT2D eigenvalue weighted by atomic mass is 19.4. The van der Waals surface area contributed by atoms with Crippen LogP contribution in [-0.4, -0.2) is 16.8 Å². The van der Waals surface area contributed by atoms with E-state index in [9.17, 15) is 13.2 Å². The molecule has 84 valence electrons. The molecule has 1 aromatic carbocycles. The van der Waals surface area contributed by atoms with Crippen molar-refractivity contribution in [3.63, 3.8) is 0 Å². The molecule has 5 heteroatoms. The number of phenols is 1. The van der Waals surface area contributed by atoms with Crippen LogP contribution < -0.4 is 0 Å². The predicted molar refractivity (Wildman–Crippen MR) is 48.5 cm³/mol. The van der Waals surface area contributed by atoms with Crippen molar-refractivity contribution in [2.75, 3.05) is 6.61 Å². The van der Waals surface area contributed by atoms with Crippen molar-refractivity contribution < 1.29 is 23.4 Å². The molecule has 0 unspecified atom stereocenters. The van der Waals surface area contributed by atoms with Crippen molar-refractivity contribution in [2.45, 2.75) is 19.0 Å². The third-order valence-corrected chi connectivity index (χ3v) is 2.00. The molecule has 0 bridgehead atoms. The van der Waals surface area contributed by atoms with Gasteiger partial charge in [-0.2, -0.15) is 13.2 Å². The minimum Gasteiger partial charge on any atom is -0.508 e. The molecular weight excluding hydrogens is 209 g/mol. The van der Waals surface area contributed by atoms with E-state index in [4.69, 9.17) is 10.2 Å². The van der Waals surface area contributed by atoms with E-state index in [0.717, 1.165) is 0 Å². The van der Waals surface area contributed by atoms with Crippen LogP contribution in [0.15, 0.2) is 18.2 Å². The van der Waals surface area contributed by atoms with Crippen molar-refractivity contribution in [1.29, 1.82) is 0 Å². The molecule has 1 rings (SSSR count). The fraction of sp³-hybridized carbons (Fsp3) is 0.400. The third kappa shape index (κ3) is 3.13. The Morgan fingerprint density at radius 1 is 1.20 bits per heavy atom. The van der Waals surface area contributed by atoms with Crippen molar-refractivity contribution in [3.8, 4) is 5.75 Å². The number of hydrogen-bond acceptors (Lipinski definition) is 2. The third-order valence-electron chi connectivity index (χ3n) is 2.00. The van der Waals surface area contributed by atoms with Gasteiger partial charge in [0.2, 0.25) is 0 Å². The molecule has 0 aliphatic rings. The Morgan fingerprint density at radius 3 is 2.40 bits per heavy atom. The zero-order chi connectivity index (χ0) is 11.5. The summed E-state index contributed by atoms with van der Waals surface area (Å²) in [6.07, 6.45) is -4.05. The Bertz CT molecular complexity index is 334. The molecular formula is C10H11F3O2. The van der Waals surface area contributed by atoms with Gasteiger partial charge in [-0.15, -0.1) is 0 Å². The Kier molecular flexibility index (Phi) is 3.57. The second-order valence-corrected chi connectivity index (χ2v) is 3.17. The fourth-order valence-corrected chi connectivity index (χ4v) is 1.32. The monoisotopic (exact) mass is 220 g/mol. The molecule has 0 saturated carbocycles. The Labute approximate surface area is 85.0 Å². The summed E-state index contributed by atoms with van der Waals surface area (Å²) in [7, 11) is 0. The Hall–Kier alpha value is -1.23. The highest BCUT2D eigenvalue weighted by Crippen LogP contribution is 2.34. The van der Waals surface area contributed by atoms with E-state index < -0.39 is 17.5 Å². The summed E-state index contributed by atoms with van der Waals surface area (Å²) in [5.74, 6) is -0.407. The first kappa shape index (κ1) is 11.8. The number of aliphatic hydroxyl groups is 1. The molecule has 2 nitrogen and oxygen atoms in total. The summed E-state index contributed by atoms with van der Waals surface area (Å²) in [6, 6.07) is 3.14. The van der Waals surface area contributed by atoms with Crippen molar-refractivity contribution >= 4 is 0 Å². The van der Waals surface area contributed by atoms with Crippen LogP contribution in [0.1, 0.15) is 17.5 Å². The van der Waals surface area contributed by atoms with Crippen LogP contribution in [0.25, 0.3) is 0 Å². The Balaban J connectivity index is 3.04. The number of hydrogen-bond donors (Lipinski definition) is 2. The summed E-state index contributed by atoms with van der Waals surface area (Å²) in [6.45, 7) is -0.155. The maximum Gasteiger partial charge on any atom is 0.416 e. The average Bonchev–Trinajstić information content (AvgIpc) is 2.14. The number of aromatic hydroxyl groups is 1. The van der Waals surface area contributed by atoms with Gasteiger partial charge < -0.3 is 10.2 Å². The molecule has 0 fully saturated rings. The zero-order valence-electron chi connectivity index (χ0n) is 7.88. The fourth-order valence-electron chi connectivity index (χ4n) is 1.32. The SMILES string of the molecule is OCCCc1ccc(O)cc1C(F)(F)F. The molecule has 0 amide bonds. The van der Waals surface area contributed by atoms with Gasteiger partial charge in [-0.1, -0.05) is 6.07 Å². The summed E-state index contributed by atoms with van der Waals surface area (Å²) in [5.41, 5.74) is -0.745. The summed E-state index contributed by atoms with van der Waals surface area (Å²) in [5, 5.41) is 17.5. The lowest BCUT2D eigenvalue weighted by Gasteiger charge is -2.12. The highest BCUT2D eigenvalue weighted by Gasteiger charge is 2.33. The van der Waals surface area contributed by atoms with Gasteiger partial charge in [0.25, 0.3) is 0 Å². The standard InChI is InChI=1S/C10H11F3O2/c11-10(12,13)9-6-8(15)4-3-7(9)2-1-5-14/h3-4,6,14-15H,1-2,5H2. The van der Waals surface area contributed by atoms with Gasteiger partial charge in [0.1, 0.15) is 5.75 Å². The van der Waals surface area contributed by atoms with Crippen LogP contribution in [0.4, 0.5) is 13.2 Å². The van der Waals surface area contributed by atoms with Gasteiger partial charge in [0, 0.05) is 6.61 Å². The highest BCUT2D eigenvalue weighted by molar-refractivity contribution is 5.36. The number of aryl methyl sites for hydroxylation is 1. The molecule has 15 heavy (non-hydrogen) atoms. The van der Waals surface area contributed by atoms with Crippen LogP contribution in [0, 0.1) is 0 Å². The lowest BCUT2D eigenvalue weighted by atomic mass is 10.0. The zero-order valence-corrected chi connectivity index (χ0v) is 7.88. The number of rotatable bonds is 3. The van der Waals surface area contributed by atoms with E-state index in [-0.39, 0.29) is 25.0 Å². The molecule has 1 aromatic rings. The minimum absolute atomic E-state index is 0.0920. The van der Waals surface area contributed by atoms with E-state index >= 15 is 0 Å². The average molecular weight is 220 g/mol. The van der Waals surface area contributed by atoms with Gasteiger partial charge in [-0.3, -0.25) is 0 Å². The summed E-state index contributed by atoms with van der Waals surface area (Å²) in [4.78, 5) is 0. The molecule has 0 aromatic heterocycles. The van der Waals surface area contributed by atoms with Crippen molar-refractivity contribution in [1.82, 2.24) is 0 Å². The first-order valence-corrected chi connectivity index (χ1v) is 4.45. The van der Waals surface area contributed by atoms with Gasteiger partial charge in [0.15, 0.2) is 0 Å². The number of halogens is 3. The molecule has 0 aliphatic heterocycles. The maximum absolute atomic E-state index is 12.5. The summed E-state index contributed by atoms with van der Waals surface area (Å²) < 4.78 is 37.4. The second kappa shape index (κ2) is 4.53. The Morgan fingerprint density at radius 2 is 1.87 bits per heavy atom. The first-order valence-electron chi connectivity index (χ1n) is 4.45. The first-order chi connectivity index (χ1) is 6.95. The van der Waals surface area contributed by atoms with E-state index in [1.165, 1.54) is 12.1 Å². The van der Waals surface area contributed by atoms with E-state index in [1.807, 2.05) is 0 Å². The molecule has 2 N–H and O–H groups in total. The molecule has 0 atom stereocenters. The summed E-state index contributed by atoms with van der Waals surface area (Å²) >= 11 is 0. The smallest absolute Gasteiger partial charge is 0.416 e. The van der Waals surface area contributed by atoms with Crippen LogP contribution >= 0.6 is 0 Å². The molecule has 0 spiro atoms. The quantitative estimate of drug-likeness (QED) is 0.820.